The number of methoxy groups -OCH3 is 1. The van der Waals surface area contributed by atoms with Crippen LogP contribution in [0, 0.1) is 5.82 Å². The van der Waals surface area contributed by atoms with Crippen molar-refractivity contribution in [1.82, 2.24) is 0 Å². The van der Waals surface area contributed by atoms with Crippen LogP contribution in [0.2, 0.25) is 0 Å². The third-order valence-corrected chi connectivity index (χ3v) is 2.20. The molecule has 0 saturated heterocycles. The van der Waals surface area contributed by atoms with Gasteiger partial charge in [0.25, 0.3) is 0 Å². The van der Waals surface area contributed by atoms with Crippen molar-refractivity contribution in [3.8, 4) is 17.2 Å². The van der Waals surface area contributed by atoms with Gasteiger partial charge in [0, 0.05) is 6.07 Å². The third kappa shape index (κ3) is 1.59. The summed E-state index contributed by atoms with van der Waals surface area (Å²) >= 11 is 0. The van der Waals surface area contributed by atoms with E-state index in [0.29, 0.717) is 24.7 Å². The number of aliphatic hydroxyl groups excluding tert-OH is 1. The van der Waals surface area contributed by atoms with Gasteiger partial charge in [0.05, 0.1) is 19.3 Å². The second-order valence-electron chi connectivity index (χ2n) is 3.05. The number of fused-ring (bicyclic) bond motifs is 1. The van der Waals surface area contributed by atoms with Crippen molar-refractivity contribution in [2.75, 3.05) is 20.3 Å². The van der Waals surface area contributed by atoms with E-state index in [1.807, 2.05) is 0 Å². The van der Waals surface area contributed by atoms with Crippen molar-refractivity contribution < 1.29 is 23.7 Å². The number of benzene rings is 1. The first kappa shape index (κ1) is 10.0. The largest absolute Gasteiger partial charge is 0.493 e. The van der Waals surface area contributed by atoms with Gasteiger partial charge in [-0.25, -0.2) is 4.39 Å². The number of hydrogen-bond acceptors (Lipinski definition) is 4. The smallest absolute Gasteiger partial charge is 0.170 e. The molecule has 0 aliphatic carbocycles. The summed E-state index contributed by atoms with van der Waals surface area (Å²) in [4.78, 5) is 0. The van der Waals surface area contributed by atoms with Crippen molar-refractivity contribution >= 4 is 0 Å². The zero-order chi connectivity index (χ0) is 10.8. The van der Waals surface area contributed by atoms with Gasteiger partial charge in [0.1, 0.15) is 13.2 Å². The maximum Gasteiger partial charge on any atom is 0.170 e. The van der Waals surface area contributed by atoms with E-state index in [-0.39, 0.29) is 17.9 Å². The first-order valence-electron chi connectivity index (χ1n) is 4.53. The lowest BCUT2D eigenvalue weighted by atomic mass is 10.1. The number of rotatable bonds is 2. The molecule has 2 rings (SSSR count). The quantitative estimate of drug-likeness (QED) is 0.800. The molecule has 1 aliphatic heterocycles. The van der Waals surface area contributed by atoms with E-state index in [2.05, 4.69) is 0 Å². The fraction of sp³-hybridized carbons (Fsp3) is 0.400. The Labute approximate surface area is 86.2 Å². The van der Waals surface area contributed by atoms with E-state index in [1.54, 1.807) is 0 Å². The van der Waals surface area contributed by atoms with Gasteiger partial charge in [-0.2, -0.15) is 0 Å². The van der Waals surface area contributed by atoms with Gasteiger partial charge in [0.2, 0.25) is 0 Å². The van der Waals surface area contributed by atoms with Crippen LogP contribution in [0.25, 0.3) is 0 Å². The van der Waals surface area contributed by atoms with Crippen LogP contribution in [0.15, 0.2) is 6.07 Å². The molecule has 0 bridgehead atoms. The van der Waals surface area contributed by atoms with Crippen molar-refractivity contribution in [3.63, 3.8) is 0 Å². The highest BCUT2D eigenvalue weighted by Gasteiger charge is 2.23. The molecular formula is C10H11FO4. The minimum absolute atomic E-state index is 0.00162. The summed E-state index contributed by atoms with van der Waals surface area (Å²) in [5.41, 5.74) is 0.284. The van der Waals surface area contributed by atoms with Gasteiger partial charge in [0.15, 0.2) is 23.1 Å². The molecule has 0 aromatic heterocycles. The molecule has 1 heterocycles. The van der Waals surface area contributed by atoms with Gasteiger partial charge >= 0.3 is 0 Å². The van der Waals surface area contributed by atoms with E-state index in [4.69, 9.17) is 19.3 Å². The fourth-order valence-corrected chi connectivity index (χ4v) is 1.57. The van der Waals surface area contributed by atoms with E-state index < -0.39 is 5.82 Å². The summed E-state index contributed by atoms with van der Waals surface area (Å²) in [6.45, 7) is 0.408. The van der Waals surface area contributed by atoms with Gasteiger partial charge in [-0.05, 0) is 0 Å². The van der Waals surface area contributed by atoms with Gasteiger partial charge in [-0.15, -0.1) is 0 Å². The standard InChI is InChI=1S/C10H11FO4/c1-13-9-6(5-12)10-8(4-7(9)11)14-2-3-15-10/h4,12H,2-3,5H2,1H3. The van der Waals surface area contributed by atoms with Crippen LogP contribution in [0.5, 0.6) is 17.2 Å². The molecule has 0 amide bonds. The van der Waals surface area contributed by atoms with Crippen molar-refractivity contribution in [2.45, 2.75) is 6.61 Å². The molecule has 5 heteroatoms. The highest BCUT2D eigenvalue weighted by molar-refractivity contribution is 5.55. The average Bonchev–Trinajstić information content (AvgIpc) is 2.27. The Hall–Kier alpha value is -1.49. The van der Waals surface area contributed by atoms with Crippen LogP contribution in [0.3, 0.4) is 0 Å². The molecule has 0 atom stereocenters. The van der Waals surface area contributed by atoms with E-state index in [1.165, 1.54) is 13.2 Å². The summed E-state index contributed by atoms with van der Waals surface area (Å²) in [5, 5.41) is 9.15. The Morgan fingerprint density at radius 3 is 2.87 bits per heavy atom. The van der Waals surface area contributed by atoms with Crippen LogP contribution in [-0.4, -0.2) is 25.4 Å². The van der Waals surface area contributed by atoms with Gasteiger partial charge < -0.3 is 19.3 Å². The molecule has 1 aromatic rings. The number of aliphatic hydroxyl groups is 1. The Bertz CT molecular complexity index is 378. The van der Waals surface area contributed by atoms with Crippen LogP contribution < -0.4 is 14.2 Å². The average molecular weight is 214 g/mol. The minimum atomic E-state index is -0.564. The van der Waals surface area contributed by atoms with E-state index >= 15 is 0 Å². The molecular weight excluding hydrogens is 203 g/mol. The number of hydrogen-bond donors (Lipinski definition) is 1. The summed E-state index contributed by atoms with van der Waals surface area (Å²) in [6.07, 6.45) is 0. The topological polar surface area (TPSA) is 47.9 Å². The SMILES string of the molecule is COc1c(F)cc2c(c1CO)OCCO2. The predicted octanol–water partition coefficient (Wildman–Crippen LogP) is 1.10. The van der Waals surface area contributed by atoms with Crippen LogP contribution in [-0.2, 0) is 6.61 Å². The lowest BCUT2D eigenvalue weighted by Crippen LogP contribution is -2.17. The molecule has 4 nitrogen and oxygen atoms in total. The molecule has 0 saturated carbocycles. The zero-order valence-corrected chi connectivity index (χ0v) is 8.25. The first-order valence-corrected chi connectivity index (χ1v) is 4.53. The molecule has 0 radical (unpaired) electrons. The Morgan fingerprint density at radius 1 is 1.47 bits per heavy atom. The highest BCUT2D eigenvalue weighted by Crippen LogP contribution is 2.41. The molecule has 0 spiro atoms. The second-order valence-corrected chi connectivity index (χ2v) is 3.05. The predicted molar refractivity (Wildman–Crippen MR) is 49.9 cm³/mol. The normalized spacial score (nSPS) is 13.8. The highest BCUT2D eigenvalue weighted by atomic mass is 19.1. The maximum absolute atomic E-state index is 13.5. The van der Waals surface area contributed by atoms with Crippen LogP contribution in [0.4, 0.5) is 4.39 Å². The van der Waals surface area contributed by atoms with Gasteiger partial charge in [-0.3, -0.25) is 0 Å². The lowest BCUT2D eigenvalue weighted by Gasteiger charge is -2.22. The van der Waals surface area contributed by atoms with E-state index in [0.717, 1.165) is 0 Å². The molecule has 0 unspecified atom stereocenters. The van der Waals surface area contributed by atoms with Gasteiger partial charge in [-0.1, -0.05) is 0 Å². The molecule has 0 fully saturated rings. The fourth-order valence-electron chi connectivity index (χ4n) is 1.57. The Morgan fingerprint density at radius 2 is 2.20 bits per heavy atom. The second kappa shape index (κ2) is 3.94. The Balaban J connectivity index is 2.59. The molecule has 1 aromatic carbocycles. The minimum Gasteiger partial charge on any atom is -0.493 e. The summed E-state index contributed by atoms with van der Waals surface area (Å²) in [6, 6.07) is 1.20. The monoisotopic (exact) mass is 214 g/mol. The third-order valence-electron chi connectivity index (χ3n) is 2.20. The van der Waals surface area contributed by atoms with Crippen molar-refractivity contribution in [2.24, 2.45) is 0 Å². The molecule has 15 heavy (non-hydrogen) atoms. The number of halogens is 1. The molecule has 82 valence electrons. The van der Waals surface area contributed by atoms with E-state index in [9.17, 15) is 4.39 Å². The maximum atomic E-state index is 13.5. The lowest BCUT2D eigenvalue weighted by molar-refractivity contribution is 0.162. The summed E-state index contributed by atoms with van der Waals surface area (Å²) in [5.74, 6) is 0.109. The Kier molecular flexibility index (Phi) is 2.64. The zero-order valence-electron chi connectivity index (χ0n) is 8.25. The van der Waals surface area contributed by atoms with Crippen LogP contribution >= 0.6 is 0 Å². The molecule has 1 N–H and O–H groups in total. The van der Waals surface area contributed by atoms with Crippen LogP contribution in [0.1, 0.15) is 5.56 Å². The van der Waals surface area contributed by atoms with Crippen molar-refractivity contribution in [1.29, 1.82) is 0 Å². The summed E-state index contributed by atoms with van der Waals surface area (Å²) in [7, 11) is 1.34. The first-order chi connectivity index (χ1) is 7.27. The summed E-state index contributed by atoms with van der Waals surface area (Å²) < 4.78 is 28.8. The number of ether oxygens (including phenoxy) is 3. The molecule has 1 aliphatic rings. The van der Waals surface area contributed by atoms with Crippen molar-refractivity contribution in [3.05, 3.63) is 17.4 Å².